The first-order chi connectivity index (χ1) is 5.06. The minimum Gasteiger partial charge on any atom is -0.331 e. The maximum atomic E-state index is 2.29. The van der Waals surface area contributed by atoms with Gasteiger partial charge in [-0.05, 0) is 6.04 Å². The van der Waals surface area contributed by atoms with Gasteiger partial charge in [0, 0.05) is 19.8 Å². The third kappa shape index (κ3) is 10.4. The van der Waals surface area contributed by atoms with Crippen molar-refractivity contribution in [3.63, 3.8) is 0 Å². The third-order valence-corrected chi connectivity index (χ3v) is 4.46. The van der Waals surface area contributed by atoms with Crippen molar-refractivity contribution in [2.45, 2.75) is 24.6 Å². The van der Waals surface area contributed by atoms with Crippen molar-refractivity contribution in [1.82, 2.24) is 0 Å². The number of quaternary nitrogens is 1. The summed E-state index contributed by atoms with van der Waals surface area (Å²) in [5.41, 5.74) is 0. The van der Waals surface area contributed by atoms with Crippen LogP contribution in [0.5, 0.6) is 0 Å². The summed E-state index contributed by atoms with van der Waals surface area (Å²) in [5.74, 6) is 0. The van der Waals surface area contributed by atoms with Crippen LogP contribution in [0.4, 0.5) is 0 Å². The lowest BCUT2D eigenvalue weighted by molar-refractivity contribution is -0.868. The van der Waals surface area contributed by atoms with Crippen LogP contribution in [0.1, 0.15) is 6.42 Å². The quantitative estimate of drug-likeness (QED) is 0.311. The zero-order valence-electron chi connectivity index (χ0n) is 8.69. The number of hydrogen-bond acceptors (Lipinski definition) is 0. The Labute approximate surface area is 77.0 Å². The summed E-state index contributed by atoms with van der Waals surface area (Å²) in [6.45, 7) is 1.40. The molecule has 0 heterocycles. The van der Waals surface area contributed by atoms with Crippen LogP contribution in [0.3, 0.4) is 0 Å². The molecule has 0 spiro atoms. The molecule has 0 aromatic heterocycles. The SMILES string of the molecule is C[N+](C)(C)CC[SiH2]CCC[SiH3]. The monoisotopic (exact) mass is 190 g/mol. The fraction of sp³-hybridized carbons (Fsp3) is 1.00. The molecule has 0 aliphatic heterocycles. The summed E-state index contributed by atoms with van der Waals surface area (Å²) in [6.07, 6.45) is 1.54. The highest BCUT2D eigenvalue weighted by Gasteiger charge is 2.04. The summed E-state index contributed by atoms with van der Waals surface area (Å²) in [5, 5.41) is 0. The molecule has 0 bridgehead atoms. The fourth-order valence-corrected chi connectivity index (χ4v) is 5.07. The molecule has 0 aromatic rings. The van der Waals surface area contributed by atoms with Crippen LogP contribution in [0.15, 0.2) is 0 Å². The Morgan fingerprint density at radius 1 is 1.18 bits per heavy atom. The molecule has 68 valence electrons. The van der Waals surface area contributed by atoms with Crippen molar-refractivity contribution in [3.05, 3.63) is 0 Å². The lowest BCUT2D eigenvalue weighted by atomic mass is 10.6. The first kappa shape index (κ1) is 11.4. The Kier molecular flexibility index (Phi) is 6.18. The third-order valence-electron chi connectivity index (χ3n) is 1.93. The summed E-state index contributed by atoms with van der Waals surface area (Å²) in [6, 6.07) is 4.67. The zero-order valence-corrected chi connectivity index (χ0v) is 12.1. The van der Waals surface area contributed by atoms with E-state index in [0.29, 0.717) is 9.52 Å². The summed E-state index contributed by atoms with van der Waals surface area (Å²) < 4.78 is 1.16. The second kappa shape index (κ2) is 5.97. The largest absolute Gasteiger partial charge is 0.331 e. The maximum absolute atomic E-state index is 2.29. The molecule has 0 amide bonds. The van der Waals surface area contributed by atoms with Crippen molar-refractivity contribution in [2.75, 3.05) is 27.7 Å². The van der Waals surface area contributed by atoms with Gasteiger partial charge in [-0.2, -0.15) is 0 Å². The van der Waals surface area contributed by atoms with E-state index < -0.39 is 0 Å². The average molecular weight is 190 g/mol. The molecule has 0 N–H and O–H groups in total. The minimum atomic E-state index is 0.327. The van der Waals surface area contributed by atoms with E-state index in [4.69, 9.17) is 0 Å². The first-order valence-electron chi connectivity index (χ1n) is 4.86. The van der Waals surface area contributed by atoms with Gasteiger partial charge in [-0.3, -0.25) is 0 Å². The van der Waals surface area contributed by atoms with Crippen LogP contribution < -0.4 is 0 Å². The highest BCUT2D eigenvalue weighted by molar-refractivity contribution is 6.35. The molecule has 0 aliphatic carbocycles. The van der Waals surface area contributed by atoms with Crippen LogP contribution in [-0.4, -0.2) is 51.9 Å². The Bertz CT molecular complexity index is 88.6. The zero-order chi connectivity index (χ0) is 8.74. The first-order valence-corrected chi connectivity index (χ1v) is 8.28. The predicted molar refractivity (Wildman–Crippen MR) is 60.4 cm³/mol. The van der Waals surface area contributed by atoms with Crippen LogP contribution in [0.25, 0.3) is 0 Å². The van der Waals surface area contributed by atoms with Crippen molar-refractivity contribution < 1.29 is 4.48 Å². The molecule has 0 radical (unpaired) electrons. The molecule has 0 rings (SSSR count). The van der Waals surface area contributed by atoms with E-state index in [1.807, 2.05) is 0 Å². The van der Waals surface area contributed by atoms with E-state index in [1.54, 1.807) is 12.1 Å². The molecule has 0 aliphatic rings. The highest BCUT2D eigenvalue weighted by atomic mass is 28.2. The molecule has 0 saturated carbocycles. The van der Waals surface area contributed by atoms with Gasteiger partial charge in [0.2, 0.25) is 0 Å². The van der Waals surface area contributed by atoms with Gasteiger partial charge in [0.1, 0.15) is 0 Å². The fourth-order valence-electron chi connectivity index (χ4n) is 1.19. The van der Waals surface area contributed by atoms with Gasteiger partial charge in [-0.25, -0.2) is 0 Å². The Morgan fingerprint density at radius 2 is 1.82 bits per heavy atom. The van der Waals surface area contributed by atoms with Gasteiger partial charge in [-0.15, -0.1) is 0 Å². The molecule has 0 saturated heterocycles. The molecular formula is C8H24NSi2+. The summed E-state index contributed by atoms with van der Waals surface area (Å²) in [4.78, 5) is 0. The van der Waals surface area contributed by atoms with E-state index in [-0.39, 0.29) is 0 Å². The van der Waals surface area contributed by atoms with Crippen molar-refractivity contribution >= 4 is 19.8 Å². The second-order valence-electron chi connectivity index (χ2n) is 4.43. The Morgan fingerprint density at radius 3 is 2.27 bits per heavy atom. The molecule has 0 atom stereocenters. The maximum Gasteiger partial charge on any atom is 0.0750 e. The average Bonchev–Trinajstić information content (AvgIpc) is 1.85. The van der Waals surface area contributed by atoms with Crippen LogP contribution >= 0.6 is 0 Å². The summed E-state index contributed by atoms with van der Waals surface area (Å²) >= 11 is 0. The smallest absolute Gasteiger partial charge is 0.0750 e. The van der Waals surface area contributed by atoms with Crippen LogP contribution in [0.2, 0.25) is 18.1 Å². The minimum absolute atomic E-state index is 0.327. The lowest BCUT2D eigenvalue weighted by Crippen LogP contribution is -2.35. The topological polar surface area (TPSA) is 0 Å². The molecule has 0 aromatic carbocycles. The Balaban J connectivity index is 3.02. The van der Waals surface area contributed by atoms with Gasteiger partial charge < -0.3 is 4.48 Å². The van der Waals surface area contributed by atoms with Gasteiger partial charge in [0.05, 0.1) is 27.7 Å². The molecule has 1 nitrogen and oxygen atoms in total. The number of hydrogen-bond donors (Lipinski definition) is 0. The van der Waals surface area contributed by atoms with Crippen LogP contribution in [-0.2, 0) is 0 Å². The lowest BCUT2D eigenvalue weighted by Gasteiger charge is -2.23. The van der Waals surface area contributed by atoms with Gasteiger partial charge in [0.15, 0.2) is 0 Å². The number of rotatable bonds is 6. The predicted octanol–water partition coefficient (Wildman–Crippen LogP) is -0.128. The van der Waals surface area contributed by atoms with Crippen molar-refractivity contribution in [3.8, 4) is 0 Å². The molecule has 0 fully saturated rings. The molecule has 3 heteroatoms. The molecule has 0 unspecified atom stereocenters. The van der Waals surface area contributed by atoms with E-state index in [0.717, 1.165) is 4.48 Å². The normalized spacial score (nSPS) is 13.4. The van der Waals surface area contributed by atoms with E-state index in [9.17, 15) is 0 Å². The standard InChI is InChI=1S/C8H24NSi2/c1-9(2,3)5-8-11-7-4-6-10/h4-8,11H2,1-3,10H3/q+1. The van der Waals surface area contributed by atoms with Gasteiger partial charge in [-0.1, -0.05) is 18.5 Å². The van der Waals surface area contributed by atoms with Crippen molar-refractivity contribution in [1.29, 1.82) is 0 Å². The summed E-state index contributed by atoms with van der Waals surface area (Å²) in [7, 11) is 8.62. The number of nitrogens with zero attached hydrogens (tertiary/aromatic N) is 1. The molecular weight excluding hydrogens is 166 g/mol. The van der Waals surface area contributed by atoms with Gasteiger partial charge in [0.25, 0.3) is 0 Å². The Hall–Kier alpha value is 0.394. The highest BCUT2D eigenvalue weighted by Crippen LogP contribution is 1.98. The van der Waals surface area contributed by atoms with Gasteiger partial charge >= 0.3 is 0 Å². The molecule has 11 heavy (non-hydrogen) atoms. The van der Waals surface area contributed by atoms with E-state index in [2.05, 4.69) is 21.1 Å². The second-order valence-corrected chi connectivity index (χ2v) is 7.55. The van der Waals surface area contributed by atoms with E-state index in [1.165, 1.54) is 29.3 Å². The van der Waals surface area contributed by atoms with E-state index >= 15 is 0 Å². The van der Waals surface area contributed by atoms with Crippen LogP contribution in [0, 0.1) is 0 Å². The van der Waals surface area contributed by atoms with Crippen molar-refractivity contribution in [2.24, 2.45) is 0 Å².